The summed E-state index contributed by atoms with van der Waals surface area (Å²) < 4.78 is 5.78. The van der Waals surface area contributed by atoms with E-state index >= 15 is 0 Å². The summed E-state index contributed by atoms with van der Waals surface area (Å²) >= 11 is 5.93. The maximum atomic E-state index is 12.6. The number of hydrogen-bond donors (Lipinski definition) is 1. The number of benzene rings is 1. The molecule has 2 aliphatic heterocycles. The molecule has 0 aliphatic carbocycles. The van der Waals surface area contributed by atoms with E-state index in [1.54, 1.807) is 7.05 Å². The summed E-state index contributed by atoms with van der Waals surface area (Å²) in [6.07, 6.45) is 0.141. The molecule has 1 amide bonds. The molecular formula is C19H29ClIN5O2. The van der Waals surface area contributed by atoms with E-state index in [1.165, 1.54) is 0 Å². The molecule has 2 aliphatic rings. The van der Waals surface area contributed by atoms with Crippen molar-refractivity contribution < 1.29 is 9.53 Å². The summed E-state index contributed by atoms with van der Waals surface area (Å²) in [5.74, 6) is 0.860. The third-order valence-corrected chi connectivity index (χ3v) is 5.20. The molecule has 1 aromatic rings. The third-order valence-electron chi connectivity index (χ3n) is 4.95. The van der Waals surface area contributed by atoms with Crippen LogP contribution in [-0.2, 0) is 16.1 Å². The molecule has 2 heterocycles. The van der Waals surface area contributed by atoms with Crippen LogP contribution in [0.4, 0.5) is 0 Å². The molecule has 7 nitrogen and oxygen atoms in total. The number of carbonyl (C=O) groups excluding carboxylic acids is 1. The molecule has 9 heteroatoms. The van der Waals surface area contributed by atoms with E-state index in [1.807, 2.05) is 34.1 Å². The van der Waals surface area contributed by atoms with Crippen LogP contribution in [0, 0.1) is 0 Å². The predicted molar refractivity (Wildman–Crippen MR) is 122 cm³/mol. The van der Waals surface area contributed by atoms with E-state index in [9.17, 15) is 4.79 Å². The van der Waals surface area contributed by atoms with Gasteiger partial charge in [-0.15, -0.1) is 24.0 Å². The fraction of sp³-hybridized carbons (Fsp3) is 0.579. The minimum absolute atomic E-state index is 0. The average Bonchev–Trinajstić information content (AvgIpc) is 2.66. The molecule has 0 aromatic heterocycles. The van der Waals surface area contributed by atoms with Crippen molar-refractivity contribution in [3.63, 3.8) is 0 Å². The van der Waals surface area contributed by atoms with Gasteiger partial charge in [-0.2, -0.15) is 0 Å². The smallest absolute Gasteiger partial charge is 0.242 e. The zero-order valence-electron chi connectivity index (χ0n) is 16.4. The van der Waals surface area contributed by atoms with Gasteiger partial charge in [0.05, 0.1) is 19.3 Å². The first kappa shape index (κ1) is 23.2. The van der Waals surface area contributed by atoms with Crippen LogP contribution in [0.5, 0.6) is 0 Å². The number of aliphatic imine (C=N–C) groups is 1. The maximum absolute atomic E-state index is 12.6. The Morgan fingerprint density at radius 2 is 2.04 bits per heavy atom. The number of rotatable bonds is 4. The van der Waals surface area contributed by atoms with E-state index in [-0.39, 0.29) is 36.0 Å². The zero-order chi connectivity index (χ0) is 19.2. The van der Waals surface area contributed by atoms with Gasteiger partial charge < -0.3 is 24.8 Å². The molecule has 2 fully saturated rings. The Kier molecular flexibility index (Phi) is 9.26. The maximum Gasteiger partial charge on any atom is 0.242 e. The van der Waals surface area contributed by atoms with Crippen molar-refractivity contribution in [3.05, 3.63) is 34.9 Å². The second-order valence-corrected chi connectivity index (χ2v) is 7.48. The molecule has 1 unspecified atom stereocenters. The van der Waals surface area contributed by atoms with Gasteiger partial charge in [0.15, 0.2) is 5.96 Å². The van der Waals surface area contributed by atoms with E-state index in [2.05, 4.69) is 22.3 Å². The van der Waals surface area contributed by atoms with Gasteiger partial charge in [-0.3, -0.25) is 9.79 Å². The lowest BCUT2D eigenvalue weighted by atomic mass is 10.2. The molecule has 1 atom stereocenters. The first-order valence-corrected chi connectivity index (χ1v) is 9.71. The lowest BCUT2D eigenvalue weighted by Gasteiger charge is -2.37. The first-order chi connectivity index (χ1) is 13.0. The number of amides is 1. The van der Waals surface area contributed by atoms with Crippen LogP contribution in [0.1, 0.15) is 5.56 Å². The summed E-state index contributed by atoms with van der Waals surface area (Å²) in [6.45, 7) is 5.68. The highest BCUT2D eigenvalue weighted by Crippen LogP contribution is 2.13. The molecule has 3 rings (SSSR count). The van der Waals surface area contributed by atoms with E-state index in [4.69, 9.17) is 16.3 Å². The van der Waals surface area contributed by atoms with Crippen molar-refractivity contribution in [2.24, 2.45) is 4.99 Å². The number of nitrogens with zero attached hydrogens (tertiary/aromatic N) is 4. The Labute approximate surface area is 189 Å². The van der Waals surface area contributed by atoms with Crippen LogP contribution in [-0.4, -0.2) is 92.6 Å². The minimum atomic E-state index is 0. The summed E-state index contributed by atoms with van der Waals surface area (Å²) in [4.78, 5) is 23.1. The van der Waals surface area contributed by atoms with Gasteiger partial charge in [0, 0.05) is 51.3 Å². The van der Waals surface area contributed by atoms with Crippen molar-refractivity contribution in [3.8, 4) is 0 Å². The molecule has 0 saturated carbocycles. The number of halogens is 2. The number of piperazine rings is 1. The minimum Gasteiger partial charge on any atom is -0.374 e. The number of hydrogen-bond acceptors (Lipinski definition) is 4. The van der Waals surface area contributed by atoms with Crippen LogP contribution in [0.2, 0.25) is 5.02 Å². The predicted octanol–water partition coefficient (Wildman–Crippen LogP) is 1.51. The summed E-state index contributed by atoms with van der Waals surface area (Å²) in [5, 5.41) is 4.07. The lowest BCUT2D eigenvalue weighted by molar-refractivity contribution is -0.135. The monoisotopic (exact) mass is 521 g/mol. The Morgan fingerprint density at radius 3 is 2.68 bits per heavy atom. The lowest BCUT2D eigenvalue weighted by Crippen LogP contribution is -2.56. The van der Waals surface area contributed by atoms with Gasteiger partial charge in [-0.1, -0.05) is 23.7 Å². The molecule has 1 aromatic carbocycles. The summed E-state index contributed by atoms with van der Waals surface area (Å²) in [6, 6.07) is 7.63. The Hall–Kier alpha value is -1.10. The van der Waals surface area contributed by atoms with Gasteiger partial charge in [0.25, 0.3) is 0 Å². The fourth-order valence-corrected chi connectivity index (χ4v) is 3.52. The Balaban J connectivity index is 0.00000280. The van der Waals surface area contributed by atoms with Gasteiger partial charge in [0.1, 0.15) is 0 Å². The van der Waals surface area contributed by atoms with Crippen molar-refractivity contribution in [2.75, 3.05) is 60.0 Å². The quantitative estimate of drug-likeness (QED) is 0.370. The van der Waals surface area contributed by atoms with Crippen molar-refractivity contribution in [1.29, 1.82) is 0 Å². The van der Waals surface area contributed by atoms with Crippen LogP contribution >= 0.6 is 35.6 Å². The number of guanidine groups is 1. The molecular weight excluding hydrogens is 493 g/mol. The number of likely N-dealkylation sites (N-methyl/N-ethyl adjacent to an activating group) is 1. The van der Waals surface area contributed by atoms with Crippen LogP contribution in [0.25, 0.3) is 0 Å². The zero-order valence-corrected chi connectivity index (χ0v) is 19.5. The molecule has 0 spiro atoms. The number of carbonyl (C=O) groups is 1. The standard InChI is InChI=1S/C19H28ClN5O2.HI/c1-21-19(22-11-17-13-23(2)9-10-27-17)25-8-7-24(18(26)14-25)12-15-3-5-16(20)6-4-15;/h3-6,17H,7-14H2,1-2H3,(H,21,22);1H. The highest BCUT2D eigenvalue weighted by Gasteiger charge is 2.26. The number of ether oxygens (including phenoxy) is 1. The molecule has 28 heavy (non-hydrogen) atoms. The third kappa shape index (κ3) is 6.47. The van der Waals surface area contributed by atoms with Crippen LogP contribution in [0.15, 0.2) is 29.3 Å². The summed E-state index contributed by atoms with van der Waals surface area (Å²) in [7, 11) is 3.85. The van der Waals surface area contributed by atoms with Gasteiger partial charge in [0.2, 0.25) is 5.91 Å². The molecule has 0 bridgehead atoms. The number of morpholine rings is 1. The van der Waals surface area contributed by atoms with Crippen LogP contribution in [0.3, 0.4) is 0 Å². The molecule has 0 radical (unpaired) electrons. The Morgan fingerprint density at radius 1 is 1.29 bits per heavy atom. The van der Waals surface area contributed by atoms with Crippen molar-refractivity contribution >= 4 is 47.4 Å². The Bertz CT molecular complexity index is 673. The number of nitrogens with one attached hydrogen (secondary N) is 1. The first-order valence-electron chi connectivity index (χ1n) is 9.33. The fourth-order valence-electron chi connectivity index (χ4n) is 3.39. The summed E-state index contributed by atoms with van der Waals surface area (Å²) in [5.41, 5.74) is 1.09. The van der Waals surface area contributed by atoms with Crippen LogP contribution < -0.4 is 5.32 Å². The van der Waals surface area contributed by atoms with Crippen molar-refractivity contribution in [2.45, 2.75) is 12.6 Å². The van der Waals surface area contributed by atoms with E-state index in [0.29, 0.717) is 31.2 Å². The second-order valence-electron chi connectivity index (χ2n) is 7.05. The van der Waals surface area contributed by atoms with E-state index < -0.39 is 0 Å². The van der Waals surface area contributed by atoms with Gasteiger partial charge in [-0.25, -0.2) is 0 Å². The molecule has 2 saturated heterocycles. The largest absolute Gasteiger partial charge is 0.374 e. The highest BCUT2D eigenvalue weighted by atomic mass is 127. The second kappa shape index (κ2) is 11.2. The average molecular weight is 522 g/mol. The van der Waals surface area contributed by atoms with E-state index in [0.717, 1.165) is 37.8 Å². The topological polar surface area (TPSA) is 60.4 Å². The SMILES string of the molecule is CN=C(NCC1CN(C)CCO1)N1CCN(Cc2ccc(Cl)cc2)C(=O)C1.I. The molecule has 1 N–H and O–H groups in total. The van der Waals surface area contributed by atoms with Gasteiger partial charge in [-0.05, 0) is 24.7 Å². The highest BCUT2D eigenvalue weighted by molar-refractivity contribution is 14.0. The normalized spacial score (nSPS) is 21.5. The molecule has 156 valence electrons. The van der Waals surface area contributed by atoms with Crippen molar-refractivity contribution in [1.82, 2.24) is 20.0 Å². The van der Waals surface area contributed by atoms with Gasteiger partial charge >= 0.3 is 0 Å².